The van der Waals surface area contributed by atoms with E-state index in [0.29, 0.717) is 12.1 Å². The van der Waals surface area contributed by atoms with Crippen molar-refractivity contribution in [2.75, 3.05) is 11.9 Å². The lowest BCUT2D eigenvalue weighted by molar-refractivity contribution is 0.186. The van der Waals surface area contributed by atoms with Gasteiger partial charge in [-0.1, -0.05) is 0 Å². The van der Waals surface area contributed by atoms with Crippen LogP contribution in [0.3, 0.4) is 0 Å². The molecule has 1 atom stereocenters. The minimum atomic E-state index is -1.54. The van der Waals surface area contributed by atoms with E-state index in [1.165, 1.54) is 0 Å². The van der Waals surface area contributed by atoms with Gasteiger partial charge in [-0.05, 0) is 18.2 Å². The molecule has 0 heterocycles. The van der Waals surface area contributed by atoms with Crippen molar-refractivity contribution in [3.05, 3.63) is 65.0 Å². The molecule has 0 saturated carbocycles. The Kier molecular flexibility index (Phi) is 4.42. The van der Waals surface area contributed by atoms with E-state index < -0.39 is 47.4 Å². The highest BCUT2D eigenvalue weighted by atomic mass is 19.2. The molecule has 2 nitrogen and oxygen atoms in total. The average molecular weight is 303 g/mol. The lowest BCUT2D eigenvalue weighted by Gasteiger charge is -2.15. The van der Waals surface area contributed by atoms with Gasteiger partial charge in [-0.3, -0.25) is 0 Å². The third-order valence-corrected chi connectivity index (χ3v) is 2.80. The molecule has 112 valence electrons. The number of hydrogen-bond acceptors (Lipinski definition) is 2. The molecule has 0 aliphatic rings. The molecule has 0 amide bonds. The van der Waals surface area contributed by atoms with Crippen molar-refractivity contribution < 1.29 is 27.1 Å². The van der Waals surface area contributed by atoms with Gasteiger partial charge < -0.3 is 10.4 Å². The van der Waals surface area contributed by atoms with Crippen LogP contribution in [0.5, 0.6) is 0 Å². The molecular weight excluding hydrogens is 293 g/mol. The van der Waals surface area contributed by atoms with Crippen molar-refractivity contribution in [2.24, 2.45) is 0 Å². The van der Waals surface area contributed by atoms with Gasteiger partial charge in [-0.25, -0.2) is 22.0 Å². The molecule has 0 saturated heterocycles. The van der Waals surface area contributed by atoms with Crippen LogP contribution in [-0.4, -0.2) is 11.7 Å². The minimum absolute atomic E-state index is 0.356. The summed E-state index contributed by atoms with van der Waals surface area (Å²) in [6.07, 6.45) is -1.54. The molecule has 7 heteroatoms. The molecule has 1 unspecified atom stereocenters. The van der Waals surface area contributed by atoms with E-state index in [-0.39, 0.29) is 5.56 Å². The zero-order chi connectivity index (χ0) is 15.6. The Hall–Kier alpha value is -2.15. The number of aliphatic hydroxyl groups is 1. The van der Waals surface area contributed by atoms with E-state index in [4.69, 9.17) is 0 Å². The van der Waals surface area contributed by atoms with Gasteiger partial charge >= 0.3 is 0 Å². The SMILES string of the molecule is OC(CNc1c(F)cc(F)cc1F)c1cc(F)ccc1F. The molecule has 2 N–H and O–H groups in total. The summed E-state index contributed by atoms with van der Waals surface area (Å²) in [4.78, 5) is 0. The average Bonchev–Trinajstić information content (AvgIpc) is 2.40. The second-order valence-corrected chi connectivity index (χ2v) is 4.31. The third-order valence-electron chi connectivity index (χ3n) is 2.80. The summed E-state index contributed by atoms with van der Waals surface area (Å²) in [5.74, 6) is -5.10. The number of nitrogens with one attached hydrogen (secondary N) is 1. The van der Waals surface area contributed by atoms with Gasteiger partial charge in [0, 0.05) is 24.2 Å². The molecule has 2 aromatic rings. The number of rotatable bonds is 4. The van der Waals surface area contributed by atoms with E-state index in [1.807, 2.05) is 0 Å². The summed E-state index contributed by atoms with van der Waals surface area (Å²) in [7, 11) is 0. The fourth-order valence-electron chi connectivity index (χ4n) is 1.79. The zero-order valence-corrected chi connectivity index (χ0v) is 10.5. The van der Waals surface area contributed by atoms with Crippen LogP contribution in [0.15, 0.2) is 30.3 Å². The largest absolute Gasteiger partial charge is 0.386 e. The molecule has 21 heavy (non-hydrogen) atoms. The summed E-state index contributed by atoms with van der Waals surface area (Å²) < 4.78 is 65.8. The van der Waals surface area contributed by atoms with E-state index in [1.54, 1.807) is 0 Å². The van der Waals surface area contributed by atoms with Crippen LogP contribution in [0.1, 0.15) is 11.7 Å². The van der Waals surface area contributed by atoms with E-state index >= 15 is 0 Å². The maximum absolute atomic E-state index is 13.4. The van der Waals surface area contributed by atoms with Gasteiger partial charge in [0.05, 0.1) is 6.10 Å². The van der Waals surface area contributed by atoms with E-state index in [0.717, 1.165) is 18.2 Å². The van der Waals surface area contributed by atoms with Gasteiger partial charge in [0.1, 0.15) is 23.1 Å². The predicted molar refractivity (Wildman–Crippen MR) is 66.1 cm³/mol. The maximum Gasteiger partial charge on any atom is 0.152 e. The van der Waals surface area contributed by atoms with Crippen molar-refractivity contribution in [3.63, 3.8) is 0 Å². The number of benzene rings is 2. The number of halogens is 5. The molecule has 0 aliphatic heterocycles. The van der Waals surface area contributed by atoms with Gasteiger partial charge in [-0.15, -0.1) is 0 Å². The Labute approximate surface area is 116 Å². The van der Waals surface area contributed by atoms with Crippen LogP contribution < -0.4 is 5.32 Å². The Bertz CT molecular complexity index is 639. The highest BCUT2D eigenvalue weighted by molar-refractivity contribution is 5.46. The van der Waals surface area contributed by atoms with Crippen LogP contribution in [0, 0.1) is 29.1 Å². The number of aliphatic hydroxyl groups excluding tert-OH is 1. The summed E-state index contributed by atoms with van der Waals surface area (Å²) in [6.45, 7) is -0.486. The highest BCUT2D eigenvalue weighted by Gasteiger charge is 2.16. The third kappa shape index (κ3) is 3.49. The molecule has 2 aromatic carbocycles. The van der Waals surface area contributed by atoms with Crippen molar-refractivity contribution in [2.45, 2.75) is 6.10 Å². The van der Waals surface area contributed by atoms with Crippen molar-refractivity contribution in [1.29, 1.82) is 0 Å². The van der Waals surface area contributed by atoms with Crippen molar-refractivity contribution >= 4 is 5.69 Å². The molecule has 2 rings (SSSR count). The Morgan fingerprint density at radius 3 is 2.10 bits per heavy atom. The Morgan fingerprint density at radius 1 is 0.857 bits per heavy atom. The molecule has 0 radical (unpaired) electrons. The van der Waals surface area contributed by atoms with Crippen molar-refractivity contribution in [1.82, 2.24) is 0 Å². The highest BCUT2D eigenvalue weighted by Crippen LogP contribution is 2.23. The standard InChI is InChI=1S/C14H10F5NO/c15-7-1-2-10(17)9(3-7)13(21)6-20-14-11(18)4-8(16)5-12(14)19/h1-5,13,20-21H,6H2. The second-order valence-electron chi connectivity index (χ2n) is 4.31. The van der Waals surface area contributed by atoms with Crippen LogP contribution >= 0.6 is 0 Å². The predicted octanol–water partition coefficient (Wildman–Crippen LogP) is 3.53. The number of hydrogen-bond donors (Lipinski definition) is 2. The molecule has 0 spiro atoms. The first-order chi connectivity index (χ1) is 9.88. The van der Waals surface area contributed by atoms with Crippen molar-refractivity contribution in [3.8, 4) is 0 Å². The fourth-order valence-corrected chi connectivity index (χ4v) is 1.79. The molecule has 0 aliphatic carbocycles. The summed E-state index contributed by atoms with van der Waals surface area (Å²) in [5, 5.41) is 11.9. The van der Waals surface area contributed by atoms with Crippen LogP contribution in [0.25, 0.3) is 0 Å². The van der Waals surface area contributed by atoms with Crippen LogP contribution in [-0.2, 0) is 0 Å². The first-order valence-electron chi connectivity index (χ1n) is 5.90. The fraction of sp³-hybridized carbons (Fsp3) is 0.143. The maximum atomic E-state index is 13.4. The van der Waals surface area contributed by atoms with Gasteiger partial charge in [-0.2, -0.15) is 0 Å². The first-order valence-corrected chi connectivity index (χ1v) is 5.90. The molecule has 0 aromatic heterocycles. The second kappa shape index (κ2) is 6.09. The summed E-state index contributed by atoms with van der Waals surface area (Å²) >= 11 is 0. The normalized spacial score (nSPS) is 12.3. The van der Waals surface area contributed by atoms with Gasteiger partial charge in [0.15, 0.2) is 11.6 Å². The van der Waals surface area contributed by atoms with E-state index in [2.05, 4.69) is 5.32 Å². The summed E-state index contributed by atoms with van der Waals surface area (Å²) in [6, 6.07) is 3.39. The quantitative estimate of drug-likeness (QED) is 0.847. The molecular formula is C14H10F5NO. The monoisotopic (exact) mass is 303 g/mol. The lowest BCUT2D eigenvalue weighted by Crippen LogP contribution is -2.15. The smallest absolute Gasteiger partial charge is 0.152 e. The zero-order valence-electron chi connectivity index (χ0n) is 10.5. The first kappa shape index (κ1) is 15.2. The Morgan fingerprint density at radius 2 is 1.48 bits per heavy atom. The number of anilines is 1. The van der Waals surface area contributed by atoms with Crippen LogP contribution in [0.4, 0.5) is 27.6 Å². The van der Waals surface area contributed by atoms with Gasteiger partial charge in [0.2, 0.25) is 0 Å². The summed E-state index contributed by atoms with van der Waals surface area (Å²) in [5.41, 5.74) is -1.02. The van der Waals surface area contributed by atoms with E-state index in [9.17, 15) is 27.1 Å². The molecule has 0 bridgehead atoms. The van der Waals surface area contributed by atoms with Gasteiger partial charge in [0.25, 0.3) is 0 Å². The molecule has 0 fully saturated rings. The Balaban J connectivity index is 2.15. The minimum Gasteiger partial charge on any atom is -0.386 e. The lowest BCUT2D eigenvalue weighted by atomic mass is 10.1. The topological polar surface area (TPSA) is 32.3 Å². The van der Waals surface area contributed by atoms with Crippen LogP contribution in [0.2, 0.25) is 0 Å².